The monoisotopic (exact) mass is 355 g/mol. The summed E-state index contributed by atoms with van der Waals surface area (Å²) in [5.74, 6) is 0.288. The number of thiocarbonyl (C=S) groups is 1. The number of rotatable bonds is 5. The summed E-state index contributed by atoms with van der Waals surface area (Å²) in [5.41, 5.74) is 1.89. The first kappa shape index (κ1) is 16.6. The fourth-order valence-electron chi connectivity index (χ4n) is 2.24. The summed E-state index contributed by atoms with van der Waals surface area (Å²) in [5, 5.41) is 16.2. The zero-order valence-electron chi connectivity index (χ0n) is 12.9. The summed E-state index contributed by atoms with van der Waals surface area (Å²) in [6.45, 7) is 0.246. The van der Waals surface area contributed by atoms with Crippen LogP contribution in [0.2, 0.25) is 0 Å². The zero-order valence-corrected chi connectivity index (χ0v) is 13.7. The molecule has 1 heterocycles. The van der Waals surface area contributed by atoms with E-state index in [0.29, 0.717) is 17.0 Å². The number of hydrogen-bond acceptors (Lipinski definition) is 5. The Bertz CT molecular complexity index is 878. The van der Waals surface area contributed by atoms with Crippen LogP contribution in [0.25, 0.3) is 6.08 Å². The maximum atomic E-state index is 11.7. The number of hydrogen-bond donors (Lipinski definition) is 2. The van der Waals surface area contributed by atoms with Crippen molar-refractivity contribution in [3.63, 3.8) is 0 Å². The van der Waals surface area contributed by atoms with Crippen molar-refractivity contribution in [2.24, 2.45) is 0 Å². The number of carbonyl (C=O) groups excluding carboxylic acids is 1. The fraction of sp³-hybridized carbons (Fsp3) is 0.0588. The molecule has 126 valence electrons. The van der Waals surface area contributed by atoms with Crippen LogP contribution in [0.5, 0.6) is 5.75 Å². The van der Waals surface area contributed by atoms with E-state index in [1.54, 1.807) is 24.3 Å². The van der Waals surface area contributed by atoms with Crippen molar-refractivity contribution < 1.29 is 14.5 Å². The molecule has 0 atom stereocenters. The lowest BCUT2D eigenvalue weighted by atomic mass is 10.1. The second-order valence-corrected chi connectivity index (χ2v) is 5.62. The molecule has 2 N–H and O–H groups in total. The molecule has 1 saturated heterocycles. The minimum Gasteiger partial charge on any atom is -0.488 e. The third kappa shape index (κ3) is 3.99. The summed E-state index contributed by atoms with van der Waals surface area (Å²) in [4.78, 5) is 22.0. The Hall–Kier alpha value is -3.26. The molecular weight excluding hydrogens is 342 g/mol. The average molecular weight is 355 g/mol. The lowest BCUT2D eigenvalue weighted by Gasteiger charge is -2.09. The highest BCUT2D eigenvalue weighted by Gasteiger charge is 2.20. The van der Waals surface area contributed by atoms with Crippen molar-refractivity contribution in [3.8, 4) is 5.75 Å². The molecule has 2 aromatic rings. The predicted octanol–water partition coefficient (Wildman–Crippen LogP) is 2.52. The van der Waals surface area contributed by atoms with Gasteiger partial charge in [-0.1, -0.05) is 18.2 Å². The van der Waals surface area contributed by atoms with Crippen LogP contribution in [-0.2, 0) is 11.4 Å². The fourth-order valence-corrected chi connectivity index (χ4v) is 2.45. The van der Waals surface area contributed by atoms with E-state index in [1.807, 2.05) is 18.2 Å². The predicted molar refractivity (Wildman–Crippen MR) is 95.7 cm³/mol. The molecule has 1 aliphatic heterocycles. The Labute approximate surface area is 148 Å². The molecule has 0 bridgehead atoms. The first-order valence-electron chi connectivity index (χ1n) is 7.32. The second-order valence-electron chi connectivity index (χ2n) is 5.22. The van der Waals surface area contributed by atoms with Gasteiger partial charge in [-0.05, 0) is 42.1 Å². The molecule has 8 heteroatoms. The highest BCUT2D eigenvalue weighted by atomic mass is 32.1. The molecule has 1 aliphatic rings. The number of nitro groups is 1. The van der Waals surface area contributed by atoms with Gasteiger partial charge in [0.1, 0.15) is 18.1 Å². The van der Waals surface area contributed by atoms with E-state index in [0.717, 1.165) is 5.56 Å². The maximum Gasteiger partial charge on any atom is 0.273 e. The molecular formula is C17H13N3O4S. The molecule has 0 unspecified atom stereocenters. The molecule has 1 fully saturated rings. The van der Waals surface area contributed by atoms with Gasteiger partial charge in [-0.2, -0.15) is 0 Å². The number of non-ortho nitro benzene ring substituents is 1. The summed E-state index contributed by atoms with van der Waals surface area (Å²) in [6, 6.07) is 13.4. The summed E-state index contributed by atoms with van der Waals surface area (Å²) >= 11 is 4.90. The summed E-state index contributed by atoms with van der Waals surface area (Å²) in [6.07, 6.45) is 1.65. The molecule has 0 aromatic heterocycles. The van der Waals surface area contributed by atoms with Crippen LogP contribution in [0, 0.1) is 10.1 Å². The van der Waals surface area contributed by atoms with Gasteiger partial charge in [0.05, 0.1) is 4.92 Å². The molecule has 0 radical (unpaired) electrons. The van der Waals surface area contributed by atoms with E-state index in [1.165, 1.54) is 12.1 Å². The quantitative estimate of drug-likeness (QED) is 0.370. The van der Waals surface area contributed by atoms with Gasteiger partial charge in [-0.25, -0.2) is 0 Å². The number of carbonyl (C=O) groups is 1. The highest BCUT2D eigenvalue weighted by molar-refractivity contribution is 7.80. The van der Waals surface area contributed by atoms with Crippen LogP contribution in [0.4, 0.5) is 5.69 Å². The third-order valence-corrected chi connectivity index (χ3v) is 3.68. The van der Waals surface area contributed by atoms with Gasteiger partial charge in [0.15, 0.2) is 5.11 Å². The van der Waals surface area contributed by atoms with Crippen LogP contribution in [0.1, 0.15) is 11.1 Å². The number of benzene rings is 2. The average Bonchev–Trinajstić information content (AvgIpc) is 2.91. The Balaban J connectivity index is 1.75. The van der Waals surface area contributed by atoms with Crippen LogP contribution in [0.15, 0.2) is 54.2 Å². The van der Waals surface area contributed by atoms with E-state index in [9.17, 15) is 14.9 Å². The standard InChI is InChI=1S/C17H13N3O4S/c21-16-14(18-17(25)19-16)9-12-3-1-2-4-15(12)24-10-11-5-7-13(8-6-11)20(22)23/h1-9H,10H2,(H2,18,19,21,25). The Morgan fingerprint density at radius 2 is 1.84 bits per heavy atom. The Morgan fingerprint density at radius 1 is 1.12 bits per heavy atom. The van der Waals surface area contributed by atoms with Crippen molar-refractivity contribution in [3.05, 3.63) is 75.5 Å². The first-order chi connectivity index (χ1) is 12.0. The molecule has 1 amide bonds. The molecule has 3 rings (SSSR count). The molecule has 0 aliphatic carbocycles. The maximum absolute atomic E-state index is 11.7. The van der Waals surface area contributed by atoms with Crippen molar-refractivity contribution in [2.45, 2.75) is 6.61 Å². The van der Waals surface area contributed by atoms with E-state index in [2.05, 4.69) is 10.6 Å². The van der Waals surface area contributed by atoms with Crippen LogP contribution >= 0.6 is 12.2 Å². The Kier molecular flexibility index (Phi) is 4.71. The number of para-hydroxylation sites is 1. The molecule has 7 nitrogen and oxygen atoms in total. The molecule has 25 heavy (non-hydrogen) atoms. The van der Waals surface area contributed by atoms with Gasteiger partial charge in [0.2, 0.25) is 0 Å². The van der Waals surface area contributed by atoms with Gasteiger partial charge in [-0.15, -0.1) is 0 Å². The highest BCUT2D eigenvalue weighted by Crippen LogP contribution is 2.23. The number of nitrogens with one attached hydrogen (secondary N) is 2. The van der Waals surface area contributed by atoms with E-state index < -0.39 is 4.92 Å². The lowest BCUT2D eigenvalue weighted by molar-refractivity contribution is -0.384. The van der Waals surface area contributed by atoms with Gasteiger partial charge >= 0.3 is 0 Å². The van der Waals surface area contributed by atoms with Crippen molar-refractivity contribution in [1.29, 1.82) is 0 Å². The van der Waals surface area contributed by atoms with Gasteiger partial charge in [0, 0.05) is 17.7 Å². The minimum atomic E-state index is -0.448. The van der Waals surface area contributed by atoms with E-state index in [-0.39, 0.29) is 23.3 Å². The van der Waals surface area contributed by atoms with Crippen LogP contribution in [-0.4, -0.2) is 15.9 Å². The summed E-state index contributed by atoms with van der Waals surface area (Å²) < 4.78 is 5.79. The molecule has 0 saturated carbocycles. The van der Waals surface area contributed by atoms with E-state index in [4.69, 9.17) is 17.0 Å². The van der Waals surface area contributed by atoms with Crippen molar-refractivity contribution >= 4 is 35.0 Å². The van der Waals surface area contributed by atoms with Gasteiger partial charge in [-0.3, -0.25) is 20.2 Å². The number of nitrogens with zero attached hydrogens (tertiary/aromatic N) is 1. The third-order valence-electron chi connectivity index (χ3n) is 3.48. The number of nitro benzene ring substituents is 1. The number of amides is 1. The van der Waals surface area contributed by atoms with E-state index >= 15 is 0 Å². The number of ether oxygens (including phenoxy) is 1. The van der Waals surface area contributed by atoms with Crippen LogP contribution < -0.4 is 15.4 Å². The zero-order chi connectivity index (χ0) is 17.8. The second kappa shape index (κ2) is 7.10. The van der Waals surface area contributed by atoms with Crippen molar-refractivity contribution in [1.82, 2.24) is 10.6 Å². The molecule has 2 aromatic carbocycles. The largest absolute Gasteiger partial charge is 0.488 e. The van der Waals surface area contributed by atoms with Gasteiger partial charge < -0.3 is 10.1 Å². The van der Waals surface area contributed by atoms with Gasteiger partial charge in [0.25, 0.3) is 11.6 Å². The summed E-state index contributed by atoms with van der Waals surface area (Å²) in [7, 11) is 0. The Morgan fingerprint density at radius 3 is 2.48 bits per heavy atom. The first-order valence-corrected chi connectivity index (χ1v) is 7.73. The molecule has 0 spiro atoms. The topological polar surface area (TPSA) is 93.5 Å². The van der Waals surface area contributed by atoms with Crippen molar-refractivity contribution in [2.75, 3.05) is 0 Å². The minimum absolute atomic E-state index is 0.0307. The van der Waals surface area contributed by atoms with Crippen LogP contribution in [0.3, 0.4) is 0 Å². The normalized spacial score (nSPS) is 15.0. The smallest absolute Gasteiger partial charge is 0.273 e. The lowest BCUT2D eigenvalue weighted by Crippen LogP contribution is -2.21. The SMILES string of the molecule is O=C1NC(=S)NC1=Cc1ccccc1OCc1ccc([N+](=O)[O-])cc1.